The van der Waals surface area contributed by atoms with Crippen LogP contribution < -0.4 is 10.5 Å². The maximum atomic E-state index is 12.1. The average Bonchev–Trinajstić information content (AvgIpc) is 2.35. The molecule has 19 heavy (non-hydrogen) atoms. The zero-order chi connectivity index (χ0) is 14.0. The van der Waals surface area contributed by atoms with Crippen LogP contribution in [0.15, 0.2) is 45.9 Å². The van der Waals surface area contributed by atoms with E-state index in [1.807, 2.05) is 0 Å². The predicted molar refractivity (Wildman–Crippen MR) is 78.6 cm³/mol. The Morgan fingerprint density at radius 3 is 2.68 bits per heavy atom. The van der Waals surface area contributed by atoms with Crippen LogP contribution in [-0.2, 0) is 10.0 Å². The van der Waals surface area contributed by atoms with Gasteiger partial charge in [0.25, 0.3) is 10.0 Å². The van der Waals surface area contributed by atoms with Gasteiger partial charge in [-0.1, -0.05) is 11.6 Å². The zero-order valence-electron chi connectivity index (χ0n) is 9.47. The number of nitrogens with zero attached hydrogens (tertiary/aromatic N) is 1. The first-order valence-electron chi connectivity index (χ1n) is 5.08. The second-order valence-corrected chi connectivity index (χ2v) is 6.57. The van der Waals surface area contributed by atoms with Gasteiger partial charge in [-0.2, -0.15) is 0 Å². The van der Waals surface area contributed by atoms with E-state index in [-0.39, 0.29) is 16.4 Å². The number of hydrogen-bond acceptors (Lipinski definition) is 4. The first-order valence-corrected chi connectivity index (χ1v) is 7.74. The molecule has 0 saturated heterocycles. The van der Waals surface area contributed by atoms with E-state index < -0.39 is 10.0 Å². The van der Waals surface area contributed by atoms with Gasteiger partial charge in [0.1, 0.15) is 0 Å². The number of benzene rings is 1. The Labute approximate surface area is 124 Å². The molecule has 0 saturated carbocycles. The molecule has 0 amide bonds. The molecule has 8 heteroatoms. The number of nitrogen functional groups attached to an aromatic ring is 1. The number of pyridine rings is 1. The third-order valence-electron chi connectivity index (χ3n) is 2.27. The van der Waals surface area contributed by atoms with E-state index in [1.54, 1.807) is 12.1 Å². The number of hydrogen-bond donors (Lipinski definition) is 2. The van der Waals surface area contributed by atoms with E-state index >= 15 is 0 Å². The summed E-state index contributed by atoms with van der Waals surface area (Å²) in [5.74, 6) is 0.0913. The minimum atomic E-state index is -3.76. The van der Waals surface area contributed by atoms with Crippen molar-refractivity contribution in [1.29, 1.82) is 0 Å². The quantitative estimate of drug-likeness (QED) is 0.879. The van der Waals surface area contributed by atoms with Gasteiger partial charge in [0, 0.05) is 10.7 Å². The van der Waals surface area contributed by atoms with Gasteiger partial charge in [-0.15, -0.1) is 0 Å². The van der Waals surface area contributed by atoms with Gasteiger partial charge in [-0.3, -0.25) is 4.72 Å². The van der Waals surface area contributed by atoms with Crippen molar-refractivity contribution in [2.75, 3.05) is 10.5 Å². The molecule has 0 atom stereocenters. The van der Waals surface area contributed by atoms with Crippen molar-refractivity contribution in [3.8, 4) is 0 Å². The number of anilines is 2. The van der Waals surface area contributed by atoms with Crippen molar-refractivity contribution in [3.63, 3.8) is 0 Å². The smallest absolute Gasteiger partial charge is 0.263 e. The molecule has 0 spiro atoms. The Bertz CT molecular complexity index is 722. The number of aromatic nitrogens is 1. The lowest BCUT2D eigenvalue weighted by Gasteiger charge is -2.09. The first-order chi connectivity index (χ1) is 8.90. The van der Waals surface area contributed by atoms with Crippen LogP contribution in [0.4, 0.5) is 11.5 Å². The van der Waals surface area contributed by atoms with Crippen LogP contribution >= 0.6 is 27.5 Å². The highest BCUT2D eigenvalue weighted by atomic mass is 79.9. The standard InChI is InChI=1S/C11H9BrClN3O2S/c12-8-6-7(3-4-9(8)13)19(17,18)16-11-10(14)2-1-5-15-11/h1-6H,14H2,(H,15,16). The van der Waals surface area contributed by atoms with Crippen molar-refractivity contribution in [1.82, 2.24) is 4.98 Å². The number of rotatable bonds is 3. The number of sulfonamides is 1. The van der Waals surface area contributed by atoms with E-state index in [2.05, 4.69) is 25.6 Å². The lowest BCUT2D eigenvalue weighted by molar-refractivity contribution is 0.601. The lowest BCUT2D eigenvalue weighted by Crippen LogP contribution is -2.15. The Balaban J connectivity index is 2.38. The summed E-state index contributed by atoms with van der Waals surface area (Å²) in [4.78, 5) is 3.94. The molecule has 0 aliphatic heterocycles. The second-order valence-electron chi connectivity index (χ2n) is 3.62. The third kappa shape index (κ3) is 3.17. The lowest BCUT2D eigenvalue weighted by atomic mass is 10.4. The normalized spacial score (nSPS) is 11.3. The molecule has 0 radical (unpaired) electrons. The number of nitrogens with two attached hydrogens (primary N) is 1. The fraction of sp³-hybridized carbons (Fsp3) is 0. The van der Waals surface area contributed by atoms with Gasteiger partial charge in [0.15, 0.2) is 5.82 Å². The minimum Gasteiger partial charge on any atom is -0.396 e. The predicted octanol–water partition coefficient (Wildman–Crippen LogP) is 2.88. The number of nitrogens with one attached hydrogen (secondary N) is 1. The van der Waals surface area contributed by atoms with Crippen LogP contribution in [0.1, 0.15) is 0 Å². The maximum Gasteiger partial charge on any atom is 0.263 e. The van der Waals surface area contributed by atoms with Crippen molar-refractivity contribution in [2.45, 2.75) is 4.90 Å². The Hall–Kier alpha value is -1.31. The maximum absolute atomic E-state index is 12.1. The first kappa shape index (κ1) is 14.1. The molecule has 1 aromatic heterocycles. The zero-order valence-corrected chi connectivity index (χ0v) is 12.6. The fourth-order valence-corrected chi connectivity index (χ4v) is 3.04. The molecule has 5 nitrogen and oxygen atoms in total. The molecular weight excluding hydrogens is 354 g/mol. The molecule has 0 bridgehead atoms. The number of halogens is 2. The van der Waals surface area contributed by atoms with Gasteiger partial charge in [-0.05, 0) is 46.3 Å². The Morgan fingerprint density at radius 2 is 2.05 bits per heavy atom. The van der Waals surface area contributed by atoms with E-state index in [0.717, 1.165) is 0 Å². The highest BCUT2D eigenvalue weighted by Crippen LogP contribution is 2.26. The van der Waals surface area contributed by atoms with Gasteiger partial charge in [0.2, 0.25) is 0 Å². The van der Waals surface area contributed by atoms with Crippen molar-refractivity contribution in [2.24, 2.45) is 0 Å². The topological polar surface area (TPSA) is 85.1 Å². The minimum absolute atomic E-state index is 0.0637. The molecular formula is C11H9BrClN3O2S. The van der Waals surface area contributed by atoms with E-state index in [0.29, 0.717) is 9.50 Å². The van der Waals surface area contributed by atoms with E-state index in [9.17, 15) is 8.42 Å². The summed E-state index contributed by atoms with van der Waals surface area (Å²) in [5.41, 5.74) is 5.89. The van der Waals surface area contributed by atoms with Crippen molar-refractivity contribution in [3.05, 3.63) is 46.0 Å². The van der Waals surface area contributed by atoms with Gasteiger partial charge in [-0.25, -0.2) is 13.4 Å². The average molecular weight is 363 g/mol. The molecule has 0 unspecified atom stereocenters. The van der Waals surface area contributed by atoms with Crippen LogP contribution in [0.2, 0.25) is 5.02 Å². The summed E-state index contributed by atoms with van der Waals surface area (Å²) >= 11 is 9.00. The van der Waals surface area contributed by atoms with Crippen LogP contribution in [0.5, 0.6) is 0 Å². The fourth-order valence-electron chi connectivity index (χ4n) is 1.33. The summed E-state index contributed by atoms with van der Waals surface area (Å²) in [5, 5.41) is 0.427. The largest absolute Gasteiger partial charge is 0.396 e. The van der Waals surface area contributed by atoms with Gasteiger partial charge >= 0.3 is 0 Å². The SMILES string of the molecule is Nc1cccnc1NS(=O)(=O)c1ccc(Cl)c(Br)c1. The van der Waals surface area contributed by atoms with E-state index in [1.165, 1.54) is 24.4 Å². The monoisotopic (exact) mass is 361 g/mol. The van der Waals surface area contributed by atoms with Crippen molar-refractivity contribution >= 4 is 49.1 Å². The van der Waals surface area contributed by atoms with Crippen LogP contribution in [0.3, 0.4) is 0 Å². The van der Waals surface area contributed by atoms with Crippen LogP contribution in [-0.4, -0.2) is 13.4 Å². The molecule has 2 aromatic rings. The van der Waals surface area contributed by atoms with Gasteiger partial charge < -0.3 is 5.73 Å². The Morgan fingerprint density at radius 1 is 1.32 bits per heavy atom. The molecule has 2 rings (SSSR count). The third-order valence-corrected chi connectivity index (χ3v) is 4.82. The summed E-state index contributed by atoms with van der Waals surface area (Å²) in [6.45, 7) is 0. The summed E-state index contributed by atoms with van der Waals surface area (Å²) < 4.78 is 27.1. The Kier molecular flexibility index (Phi) is 3.98. The highest BCUT2D eigenvalue weighted by Gasteiger charge is 2.17. The summed E-state index contributed by atoms with van der Waals surface area (Å²) in [6, 6.07) is 7.47. The summed E-state index contributed by atoms with van der Waals surface area (Å²) in [7, 11) is -3.76. The molecule has 3 N–H and O–H groups in total. The molecule has 1 aromatic carbocycles. The van der Waals surface area contributed by atoms with E-state index in [4.69, 9.17) is 17.3 Å². The molecule has 0 aliphatic carbocycles. The van der Waals surface area contributed by atoms with Crippen LogP contribution in [0.25, 0.3) is 0 Å². The van der Waals surface area contributed by atoms with Gasteiger partial charge in [0.05, 0.1) is 15.6 Å². The van der Waals surface area contributed by atoms with Crippen molar-refractivity contribution < 1.29 is 8.42 Å². The molecule has 0 fully saturated rings. The molecule has 1 heterocycles. The summed E-state index contributed by atoms with van der Waals surface area (Å²) in [6.07, 6.45) is 1.45. The molecule has 100 valence electrons. The van der Waals surface area contributed by atoms with Crippen LogP contribution in [0, 0.1) is 0 Å². The molecule has 0 aliphatic rings. The second kappa shape index (κ2) is 5.36. The highest BCUT2D eigenvalue weighted by molar-refractivity contribution is 9.10.